The number of hydrogen-bond donors (Lipinski definition) is 2. The molecule has 0 atom stereocenters. The smallest absolute Gasteiger partial charge is 0.303 e. The summed E-state index contributed by atoms with van der Waals surface area (Å²) >= 11 is 0. The number of benzene rings is 3. The van der Waals surface area contributed by atoms with Gasteiger partial charge in [0.15, 0.2) is 0 Å². The van der Waals surface area contributed by atoms with Crippen LogP contribution in [0.25, 0.3) is 21.5 Å². The van der Waals surface area contributed by atoms with Crippen LogP contribution >= 0.6 is 0 Å². The summed E-state index contributed by atoms with van der Waals surface area (Å²) < 4.78 is 0. The first-order valence-corrected chi connectivity index (χ1v) is 9.36. The van der Waals surface area contributed by atoms with Crippen LogP contribution in [0.15, 0.2) is 54.6 Å². The van der Waals surface area contributed by atoms with E-state index in [-0.39, 0.29) is 12.8 Å². The quantitative estimate of drug-likeness (QED) is 0.455. The fourth-order valence-corrected chi connectivity index (χ4v) is 3.15. The van der Waals surface area contributed by atoms with Gasteiger partial charge in [0.1, 0.15) is 0 Å². The highest BCUT2D eigenvalue weighted by molar-refractivity contribution is 6.02. The number of aliphatic carboxylic acids is 2. The molecule has 0 aromatic heterocycles. The highest BCUT2D eigenvalue weighted by atomic mass is 16.4. The number of carboxylic acids is 2. The van der Waals surface area contributed by atoms with Gasteiger partial charge >= 0.3 is 11.9 Å². The second-order valence-electron chi connectivity index (χ2n) is 7.03. The average Bonchev–Trinajstić information content (AvgIpc) is 2.65. The third-order valence-electron chi connectivity index (χ3n) is 4.39. The van der Waals surface area contributed by atoms with Gasteiger partial charge in [-0.25, -0.2) is 0 Å². The van der Waals surface area contributed by atoms with Crippen molar-refractivity contribution in [1.82, 2.24) is 4.90 Å². The van der Waals surface area contributed by atoms with E-state index in [1.165, 1.54) is 27.1 Å². The molecule has 0 heterocycles. The molecule has 0 bridgehead atoms. The summed E-state index contributed by atoms with van der Waals surface area (Å²) in [5, 5.41) is 21.6. The molecule has 0 aliphatic carbocycles. The molecular weight excluding hydrogens is 354 g/mol. The summed E-state index contributed by atoms with van der Waals surface area (Å²) in [7, 11) is 4.24. The normalized spacial score (nSPS) is 10.7. The summed E-state index contributed by atoms with van der Waals surface area (Å²) in [6.45, 7) is 0.974. The topological polar surface area (TPSA) is 77.8 Å². The van der Waals surface area contributed by atoms with Crippen molar-refractivity contribution in [3.8, 4) is 0 Å². The summed E-state index contributed by atoms with van der Waals surface area (Å²) in [4.78, 5) is 22.0. The number of carboxylic acid groups (broad SMARTS) is 2. The van der Waals surface area contributed by atoms with Crippen molar-refractivity contribution in [2.75, 3.05) is 14.1 Å². The molecule has 3 aromatic carbocycles. The van der Waals surface area contributed by atoms with Crippen LogP contribution in [0.3, 0.4) is 0 Å². The molecule has 2 N–H and O–H groups in total. The Hall–Kier alpha value is -2.92. The van der Waals surface area contributed by atoms with Crippen molar-refractivity contribution in [1.29, 1.82) is 0 Å². The molecule has 0 saturated carbocycles. The Morgan fingerprint density at radius 3 is 1.61 bits per heavy atom. The molecule has 3 rings (SSSR count). The average molecular weight is 381 g/mol. The van der Waals surface area contributed by atoms with E-state index < -0.39 is 11.9 Å². The molecule has 28 heavy (non-hydrogen) atoms. The first-order chi connectivity index (χ1) is 13.4. The number of rotatable bonds is 7. The van der Waals surface area contributed by atoms with Crippen LogP contribution in [0.5, 0.6) is 0 Å². The molecule has 0 amide bonds. The summed E-state index contributed by atoms with van der Waals surface area (Å²) in [5.41, 5.74) is 1.42. The Labute approximate surface area is 165 Å². The van der Waals surface area contributed by atoms with Crippen molar-refractivity contribution in [2.24, 2.45) is 0 Å². The van der Waals surface area contributed by atoms with E-state index in [0.717, 1.165) is 6.54 Å². The summed E-state index contributed by atoms with van der Waals surface area (Å²) in [6, 6.07) is 19.6. The van der Waals surface area contributed by atoms with Gasteiger partial charge in [0.05, 0.1) is 0 Å². The molecule has 148 valence electrons. The lowest BCUT2D eigenvalue weighted by molar-refractivity contribution is -0.139. The molecular formula is C23H27NO4. The number of fused-ring (bicyclic) bond motifs is 2. The molecule has 3 aromatic rings. The first-order valence-electron chi connectivity index (χ1n) is 9.36. The Kier molecular flexibility index (Phi) is 7.96. The van der Waals surface area contributed by atoms with E-state index in [4.69, 9.17) is 10.2 Å². The molecule has 0 spiro atoms. The number of nitrogens with zero attached hydrogens (tertiary/aromatic N) is 1. The minimum absolute atomic E-state index is 0.0628. The van der Waals surface area contributed by atoms with Crippen molar-refractivity contribution >= 4 is 33.5 Å². The van der Waals surface area contributed by atoms with Gasteiger partial charge in [-0.1, -0.05) is 48.5 Å². The first kappa shape index (κ1) is 21.4. The zero-order chi connectivity index (χ0) is 20.5. The molecule has 5 nitrogen and oxygen atoms in total. The van der Waals surface area contributed by atoms with Crippen LogP contribution in [0.2, 0.25) is 0 Å². The predicted octanol–water partition coefficient (Wildman–Crippen LogP) is 4.77. The van der Waals surface area contributed by atoms with Gasteiger partial charge in [0.2, 0.25) is 0 Å². The maximum atomic E-state index is 9.90. The molecule has 0 saturated heterocycles. The molecule has 0 unspecified atom stereocenters. The van der Waals surface area contributed by atoms with Gasteiger partial charge in [0, 0.05) is 19.4 Å². The van der Waals surface area contributed by atoms with E-state index in [0.29, 0.717) is 12.8 Å². The lowest BCUT2D eigenvalue weighted by Crippen LogP contribution is -2.11. The zero-order valence-corrected chi connectivity index (χ0v) is 16.4. The van der Waals surface area contributed by atoms with Crippen LogP contribution in [0.4, 0.5) is 0 Å². The monoisotopic (exact) mass is 381 g/mol. The van der Waals surface area contributed by atoms with Gasteiger partial charge in [-0.05, 0) is 60.1 Å². The van der Waals surface area contributed by atoms with Crippen LogP contribution in [-0.4, -0.2) is 41.1 Å². The second kappa shape index (κ2) is 10.4. The van der Waals surface area contributed by atoms with Gasteiger partial charge < -0.3 is 15.1 Å². The Morgan fingerprint density at radius 2 is 1.21 bits per heavy atom. The number of hydrogen-bond acceptors (Lipinski definition) is 3. The highest BCUT2D eigenvalue weighted by Gasteiger charge is 2.07. The zero-order valence-electron chi connectivity index (χ0n) is 16.4. The van der Waals surface area contributed by atoms with Crippen molar-refractivity contribution < 1.29 is 19.8 Å². The van der Waals surface area contributed by atoms with Crippen LogP contribution in [-0.2, 0) is 16.1 Å². The van der Waals surface area contributed by atoms with Crippen molar-refractivity contribution in [3.05, 3.63) is 60.2 Å². The Morgan fingerprint density at radius 1 is 0.786 bits per heavy atom. The third-order valence-corrected chi connectivity index (χ3v) is 4.39. The van der Waals surface area contributed by atoms with Crippen molar-refractivity contribution in [2.45, 2.75) is 32.2 Å². The largest absolute Gasteiger partial charge is 0.481 e. The maximum absolute atomic E-state index is 9.90. The molecule has 0 radical (unpaired) electrons. The van der Waals surface area contributed by atoms with E-state index in [2.05, 4.69) is 73.6 Å². The molecule has 0 fully saturated rings. The molecule has 0 aliphatic heterocycles. The van der Waals surface area contributed by atoms with E-state index in [1.54, 1.807) is 0 Å². The SMILES string of the molecule is CN(C)Cc1c2ccccc2cc2ccccc12.O=C(O)CCCCC(=O)O. The lowest BCUT2D eigenvalue weighted by Gasteiger charge is -2.15. The lowest BCUT2D eigenvalue weighted by atomic mass is 9.96. The van der Waals surface area contributed by atoms with E-state index >= 15 is 0 Å². The molecule has 5 heteroatoms. The second-order valence-corrected chi connectivity index (χ2v) is 7.03. The summed E-state index contributed by atoms with van der Waals surface area (Å²) in [6.07, 6.45) is 1.02. The summed E-state index contributed by atoms with van der Waals surface area (Å²) in [5.74, 6) is -1.74. The fourth-order valence-electron chi connectivity index (χ4n) is 3.15. The standard InChI is InChI=1S/C17H17N.C6H10O4/c1-18(2)12-17-15-9-5-3-7-13(15)11-14-8-4-6-10-16(14)17;7-5(8)3-1-2-4-6(9)10/h3-11H,12H2,1-2H3;1-4H2,(H,7,8)(H,9,10). The van der Waals surface area contributed by atoms with Gasteiger partial charge in [-0.3, -0.25) is 9.59 Å². The van der Waals surface area contributed by atoms with Crippen molar-refractivity contribution in [3.63, 3.8) is 0 Å². The van der Waals surface area contributed by atoms with Crippen LogP contribution < -0.4 is 0 Å². The Bertz CT molecular complexity index is 880. The predicted molar refractivity (Wildman–Crippen MR) is 113 cm³/mol. The minimum atomic E-state index is -0.870. The van der Waals surface area contributed by atoms with Gasteiger partial charge in [0.25, 0.3) is 0 Å². The maximum Gasteiger partial charge on any atom is 0.303 e. The fraction of sp³-hybridized carbons (Fsp3) is 0.304. The highest BCUT2D eigenvalue weighted by Crippen LogP contribution is 2.28. The third kappa shape index (κ3) is 6.35. The van der Waals surface area contributed by atoms with Gasteiger partial charge in [-0.2, -0.15) is 0 Å². The number of carbonyl (C=O) groups is 2. The number of unbranched alkanes of at least 4 members (excludes halogenated alkanes) is 1. The van der Waals surface area contributed by atoms with E-state index in [9.17, 15) is 9.59 Å². The van der Waals surface area contributed by atoms with E-state index in [1.807, 2.05) is 0 Å². The van der Waals surface area contributed by atoms with Crippen LogP contribution in [0.1, 0.15) is 31.2 Å². The minimum Gasteiger partial charge on any atom is -0.481 e. The van der Waals surface area contributed by atoms with Gasteiger partial charge in [-0.15, -0.1) is 0 Å². The molecule has 0 aliphatic rings. The Balaban J connectivity index is 0.000000242. The van der Waals surface area contributed by atoms with Crippen LogP contribution in [0, 0.1) is 0 Å².